The first-order valence-electron chi connectivity index (χ1n) is 29.0. The lowest BCUT2D eigenvalue weighted by Gasteiger charge is -2.31. The monoisotopic (exact) mass is 971 g/mol. The minimum Gasteiger partial charge on any atom is -0.386 e. The quantitative estimate of drug-likeness (QED) is 0.0233. The topological polar surface area (TPSA) is 149 Å². The van der Waals surface area contributed by atoms with Gasteiger partial charge in [0.15, 0.2) is 6.61 Å². The molecule has 11 heteroatoms. The number of hydrogen-bond donors (Lipinski definition) is 3. The molecule has 0 aromatic carbocycles. The average Bonchev–Trinajstić information content (AvgIpc) is 3.29. The molecule has 10 nitrogen and oxygen atoms in total. The van der Waals surface area contributed by atoms with Crippen LogP contribution < -0.4 is 0 Å². The molecular formula is C56H110O10Si. The van der Waals surface area contributed by atoms with E-state index < -0.39 is 39.5 Å². The Morgan fingerprint density at radius 2 is 0.463 bits per heavy atom. The Morgan fingerprint density at radius 1 is 0.299 bits per heavy atom. The third-order valence-electron chi connectivity index (χ3n) is 13.2. The Hall–Kier alpha value is -1.53. The number of unbranched alkanes of at least 4 members (excludes halogenated alkanes) is 42. The molecule has 67 heavy (non-hydrogen) atoms. The lowest BCUT2D eigenvalue weighted by Crippen LogP contribution is -2.52. The van der Waals surface area contributed by atoms with E-state index in [0.717, 1.165) is 57.8 Å². The van der Waals surface area contributed by atoms with Crippen molar-refractivity contribution in [2.24, 2.45) is 0 Å². The van der Waals surface area contributed by atoms with Crippen molar-refractivity contribution in [2.45, 2.75) is 335 Å². The van der Waals surface area contributed by atoms with Crippen molar-refractivity contribution in [1.29, 1.82) is 0 Å². The zero-order valence-electron chi connectivity index (χ0n) is 44.3. The summed E-state index contributed by atoms with van der Waals surface area (Å²) < 4.78 is 21.6. The smallest absolute Gasteiger partial charge is 0.386 e. The standard InChI is InChI=1S/C56H110O10Si/c1-4-7-10-13-16-19-22-25-28-31-34-37-40-43-46-49-53(57)64-56(52-63-67(60,61)62,65-54(58)50-47-44-41-38-35-32-29-26-23-20-17-14-11-8-5-2)66-55(59)51-48-45-42-39-36-33-30-27-24-21-18-15-12-9-6-3/h60-62H,4-52H2,1-3H3. The Balaban J connectivity index is 4.97. The van der Waals surface area contributed by atoms with E-state index in [2.05, 4.69) is 20.8 Å². The van der Waals surface area contributed by atoms with E-state index in [1.165, 1.54) is 212 Å². The number of rotatable bonds is 54. The Kier molecular flexibility index (Phi) is 48.3. The summed E-state index contributed by atoms with van der Waals surface area (Å²) in [5.74, 6) is -4.98. The molecule has 0 bridgehead atoms. The highest BCUT2D eigenvalue weighted by molar-refractivity contribution is 6.48. The summed E-state index contributed by atoms with van der Waals surface area (Å²) in [4.78, 5) is 69.0. The van der Waals surface area contributed by atoms with Gasteiger partial charge in [0.1, 0.15) is 0 Å². The highest BCUT2D eigenvalue weighted by Crippen LogP contribution is 2.24. The van der Waals surface area contributed by atoms with E-state index >= 15 is 0 Å². The molecule has 0 aromatic rings. The second-order valence-electron chi connectivity index (χ2n) is 20.1. The summed E-state index contributed by atoms with van der Waals surface area (Å²) >= 11 is 0. The van der Waals surface area contributed by atoms with Gasteiger partial charge in [-0.2, -0.15) is 0 Å². The molecule has 0 unspecified atom stereocenters. The summed E-state index contributed by atoms with van der Waals surface area (Å²) in [6.07, 6.45) is 53.3. The Labute approximate surface area is 414 Å². The zero-order valence-corrected chi connectivity index (χ0v) is 45.3. The maximum atomic E-state index is 13.3. The molecule has 0 spiro atoms. The number of ether oxygens (including phenoxy) is 3. The lowest BCUT2D eigenvalue weighted by molar-refractivity contribution is -0.342. The molecule has 0 heterocycles. The number of carbonyl (C=O) groups is 3. The maximum absolute atomic E-state index is 13.3. The van der Waals surface area contributed by atoms with E-state index in [9.17, 15) is 28.8 Å². The summed E-state index contributed by atoms with van der Waals surface area (Å²) in [5, 5.41) is 0. The fourth-order valence-corrected chi connectivity index (χ4v) is 9.30. The van der Waals surface area contributed by atoms with E-state index in [1.54, 1.807) is 0 Å². The van der Waals surface area contributed by atoms with Gasteiger partial charge in [-0.15, -0.1) is 0 Å². The van der Waals surface area contributed by atoms with Crippen molar-refractivity contribution in [3.8, 4) is 0 Å². The second kappa shape index (κ2) is 49.4. The van der Waals surface area contributed by atoms with Crippen molar-refractivity contribution in [1.82, 2.24) is 0 Å². The van der Waals surface area contributed by atoms with E-state index in [1.807, 2.05) is 0 Å². The molecule has 0 saturated carbocycles. The maximum Gasteiger partial charge on any atom is 0.671 e. The van der Waals surface area contributed by atoms with Crippen molar-refractivity contribution in [3.05, 3.63) is 0 Å². The summed E-state index contributed by atoms with van der Waals surface area (Å²) in [5.41, 5.74) is 0. The van der Waals surface area contributed by atoms with Crippen LogP contribution in [0.1, 0.15) is 329 Å². The molecule has 0 aliphatic heterocycles. The summed E-state index contributed by atoms with van der Waals surface area (Å²) in [6.45, 7) is 5.70. The number of esters is 3. The van der Waals surface area contributed by atoms with Crippen molar-refractivity contribution in [2.75, 3.05) is 6.61 Å². The van der Waals surface area contributed by atoms with Crippen LogP contribution in [0.2, 0.25) is 0 Å². The van der Waals surface area contributed by atoms with Crippen LogP contribution in [0, 0.1) is 0 Å². The molecule has 0 aromatic heterocycles. The average molecular weight is 972 g/mol. The fourth-order valence-electron chi connectivity index (χ4n) is 8.93. The van der Waals surface area contributed by atoms with Gasteiger partial charge in [-0.3, -0.25) is 14.4 Å². The van der Waals surface area contributed by atoms with Gasteiger partial charge in [0.2, 0.25) is 0 Å². The largest absolute Gasteiger partial charge is 0.671 e. The second-order valence-corrected chi connectivity index (χ2v) is 21.5. The van der Waals surface area contributed by atoms with Gasteiger partial charge in [0.25, 0.3) is 0 Å². The molecule has 0 aliphatic rings. The molecule has 0 aliphatic carbocycles. The van der Waals surface area contributed by atoms with Gasteiger partial charge in [0.05, 0.1) is 0 Å². The highest BCUT2D eigenvalue weighted by Gasteiger charge is 2.48. The third-order valence-corrected chi connectivity index (χ3v) is 13.7. The van der Waals surface area contributed by atoms with Gasteiger partial charge in [-0.25, -0.2) is 0 Å². The van der Waals surface area contributed by atoms with Crippen LogP contribution in [0.15, 0.2) is 0 Å². The van der Waals surface area contributed by atoms with Gasteiger partial charge >= 0.3 is 32.9 Å². The number of carbonyl (C=O) groups excluding carboxylic acids is 3. The summed E-state index contributed by atoms with van der Waals surface area (Å²) in [6, 6.07) is 0. The van der Waals surface area contributed by atoms with Crippen LogP contribution in [0.4, 0.5) is 0 Å². The molecule has 0 fully saturated rings. The fraction of sp³-hybridized carbons (Fsp3) is 0.946. The van der Waals surface area contributed by atoms with Crippen molar-refractivity contribution >= 4 is 27.0 Å². The van der Waals surface area contributed by atoms with Crippen LogP contribution in [0.5, 0.6) is 0 Å². The molecule has 0 rings (SSSR count). The van der Waals surface area contributed by atoms with Crippen LogP contribution >= 0.6 is 0 Å². The van der Waals surface area contributed by atoms with Gasteiger partial charge in [0, 0.05) is 19.3 Å². The first-order valence-corrected chi connectivity index (χ1v) is 30.8. The molecule has 0 saturated heterocycles. The number of hydrogen-bond acceptors (Lipinski definition) is 10. The predicted octanol–water partition coefficient (Wildman–Crippen LogP) is 16.5. The third kappa shape index (κ3) is 49.3. The predicted molar refractivity (Wildman–Crippen MR) is 278 cm³/mol. The Bertz CT molecular complexity index is 966. The molecule has 3 N–H and O–H groups in total. The molecule has 0 atom stereocenters. The van der Waals surface area contributed by atoms with Gasteiger partial charge in [-0.1, -0.05) is 290 Å². The van der Waals surface area contributed by atoms with Crippen LogP contribution in [-0.2, 0) is 33.0 Å². The van der Waals surface area contributed by atoms with Crippen LogP contribution in [-0.4, -0.2) is 53.9 Å². The summed E-state index contributed by atoms with van der Waals surface area (Å²) in [7, 11) is -5.19. The van der Waals surface area contributed by atoms with Crippen LogP contribution in [0.3, 0.4) is 0 Å². The van der Waals surface area contributed by atoms with E-state index in [0.29, 0.717) is 19.3 Å². The van der Waals surface area contributed by atoms with Crippen molar-refractivity contribution < 1.29 is 47.4 Å². The highest BCUT2D eigenvalue weighted by atomic mass is 28.4. The normalized spacial score (nSPS) is 11.9. The molecule has 0 amide bonds. The van der Waals surface area contributed by atoms with Gasteiger partial charge < -0.3 is 33.0 Å². The zero-order chi connectivity index (χ0) is 49.2. The molecule has 0 radical (unpaired) electrons. The first-order chi connectivity index (χ1) is 32.6. The first kappa shape index (κ1) is 65.5. The minimum atomic E-state index is -5.19. The van der Waals surface area contributed by atoms with E-state index in [4.69, 9.17) is 18.6 Å². The molecular weight excluding hydrogens is 861 g/mol. The lowest BCUT2D eigenvalue weighted by atomic mass is 10.0. The van der Waals surface area contributed by atoms with E-state index in [-0.39, 0.29) is 19.3 Å². The SMILES string of the molecule is CCCCCCCCCCCCCCCCCC(=O)OC(CO[Si](O)(O)O)(OC(=O)CCCCCCCCCCCCCCCCC)OC(=O)CCCCCCCCCCCCCCCCC. The van der Waals surface area contributed by atoms with Gasteiger partial charge in [-0.05, 0) is 19.3 Å². The minimum absolute atomic E-state index is 0.00680. The van der Waals surface area contributed by atoms with Crippen molar-refractivity contribution in [3.63, 3.8) is 0 Å². The van der Waals surface area contributed by atoms with Crippen LogP contribution in [0.25, 0.3) is 0 Å². The Morgan fingerprint density at radius 3 is 0.627 bits per heavy atom. The molecule has 398 valence electrons.